The molecule has 0 aliphatic carbocycles. The van der Waals surface area contributed by atoms with Crippen LogP contribution in [0.1, 0.15) is 37.2 Å². The largest absolute Gasteiger partial charge is 0.381 e. The van der Waals surface area contributed by atoms with Gasteiger partial charge in [-0.05, 0) is 19.8 Å². The van der Waals surface area contributed by atoms with Gasteiger partial charge in [0, 0.05) is 30.8 Å². The monoisotopic (exact) mass is 221 g/mol. The molecule has 4 heteroatoms. The molecule has 1 unspecified atom stereocenters. The molecule has 0 radical (unpaired) electrons. The van der Waals surface area contributed by atoms with E-state index in [2.05, 4.69) is 22.2 Å². The molecule has 1 atom stereocenters. The van der Waals surface area contributed by atoms with Crippen molar-refractivity contribution in [2.45, 2.75) is 32.6 Å². The van der Waals surface area contributed by atoms with Crippen LogP contribution in [0.15, 0.2) is 6.07 Å². The van der Waals surface area contributed by atoms with E-state index in [1.54, 1.807) is 0 Å². The molecule has 1 N–H and O–H groups in total. The average Bonchev–Trinajstić information content (AvgIpc) is 2.79. The number of aromatic nitrogens is 2. The van der Waals surface area contributed by atoms with Crippen molar-refractivity contribution in [2.24, 2.45) is 0 Å². The van der Waals surface area contributed by atoms with E-state index in [0.717, 1.165) is 49.9 Å². The standard InChI is InChI=1S/C12H19N3O/c1-3-5-13-11-7-9(2)14-12(15-11)10-4-6-16-8-10/h7,10H,3-6,8H2,1-2H3,(H,13,14,15). The van der Waals surface area contributed by atoms with E-state index in [0.29, 0.717) is 5.92 Å². The summed E-state index contributed by atoms with van der Waals surface area (Å²) in [6.07, 6.45) is 2.14. The zero-order valence-corrected chi connectivity index (χ0v) is 9.99. The summed E-state index contributed by atoms with van der Waals surface area (Å²) in [7, 11) is 0. The van der Waals surface area contributed by atoms with Gasteiger partial charge in [-0.2, -0.15) is 0 Å². The molecule has 4 nitrogen and oxygen atoms in total. The molecule has 1 fully saturated rings. The minimum absolute atomic E-state index is 0.377. The van der Waals surface area contributed by atoms with Gasteiger partial charge in [0.1, 0.15) is 11.6 Å². The minimum atomic E-state index is 0.377. The third kappa shape index (κ3) is 2.70. The number of hydrogen-bond acceptors (Lipinski definition) is 4. The average molecular weight is 221 g/mol. The predicted octanol–water partition coefficient (Wildman–Crippen LogP) is 2.11. The molecule has 0 saturated carbocycles. The Hall–Kier alpha value is -1.16. The highest BCUT2D eigenvalue weighted by molar-refractivity contribution is 5.36. The lowest BCUT2D eigenvalue weighted by Crippen LogP contribution is -2.09. The summed E-state index contributed by atoms with van der Waals surface area (Å²) in [5.74, 6) is 2.24. The molecule has 2 rings (SSSR count). The van der Waals surface area contributed by atoms with Crippen LogP contribution in [0.5, 0.6) is 0 Å². The highest BCUT2D eigenvalue weighted by atomic mass is 16.5. The third-order valence-electron chi connectivity index (χ3n) is 2.72. The van der Waals surface area contributed by atoms with Gasteiger partial charge in [0.15, 0.2) is 0 Å². The Morgan fingerprint density at radius 3 is 3.06 bits per heavy atom. The maximum absolute atomic E-state index is 5.37. The first-order valence-corrected chi connectivity index (χ1v) is 5.96. The second kappa shape index (κ2) is 5.25. The summed E-state index contributed by atoms with van der Waals surface area (Å²) in [5, 5.41) is 3.31. The summed E-state index contributed by atoms with van der Waals surface area (Å²) in [5.41, 5.74) is 1.02. The van der Waals surface area contributed by atoms with Gasteiger partial charge in [-0.3, -0.25) is 0 Å². The van der Waals surface area contributed by atoms with Crippen molar-refractivity contribution in [1.29, 1.82) is 0 Å². The summed E-state index contributed by atoms with van der Waals surface area (Å²) in [6, 6.07) is 2.00. The van der Waals surface area contributed by atoms with Gasteiger partial charge < -0.3 is 10.1 Å². The first-order chi connectivity index (χ1) is 7.79. The molecule has 0 aromatic carbocycles. The minimum Gasteiger partial charge on any atom is -0.381 e. The molecule has 16 heavy (non-hydrogen) atoms. The molecule has 1 aromatic rings. The van der Waals surface area contributed by atoms with Crippen molar-refractivity contribution >= 4 is 5.82 Å². The summed E-state index contributed by atoms with van der Waals surface area (Å²) in [4.78, 5) is 9.04. The van der Waals surface area contributed by atoms with Gasteiger partial charge in [0.2, 0.25) is 0 Å². The third-order valence-corrected chi connectivity index (χ3v) is 2.72. The molecule has 0 amide bonds. The Kier molecular flexibility index (Phi) is 3.72. The van der Waals surface area contributed by atoms with Crippen molar-refractivity contribution in [3.05, 3.63) is 17.6 Å². The van der Waals surface area contributed by atoms with Crippen molar-refractivity contribution in [3.63, 3.8) is 0 Å². The molecular weight excluding hydrogens is 202 g/mol. The fourth-order valence-electron chi connectivity index (χ4n) is 1.86. The molecular formula is C12H19N3O. The maximum Gasteiger partial charge on any atom is 0.136 e. The fraction of sp³-hybridized carbons (Fsp3) is 0.667. The van der Waals surface area contributed by atoms with E-state index < -0.39 is 0 Å². The first kappa shape index (κ1) is 11.3. The summed E-state index contributed by atoms with van der Waals surface area (Å²) < 4.78 is 5.37. The van der Waals surface area contributed by atoms with Crippen LogP contribution in [0, 0.1) is 6.92 Å². The number of nitrogens with one attached hydrogen (secondary N) is 1. The molecule has 0 spiro atoms. The Morgan fingerprint density at radius 2 is 2.38 bits per heavy atom. The van der Waals surface area contributed by atoms with Crippen molar-refractivity contribution in [1.82, 2.24) is 9.97 Å². The zero-order valence-electron chi connectivity index (χ0n) is 9.99. The van der Waals surface area contributed by atoms with Crippen LogP contribution in [-0.2, 0) is 4.74 Å². The molecule has 1 aliphatic rings. The van der Waals surface area contributed by atoms with Crippen LogP contribution < -0.4 is 5.32 Å². The van der Waals surface area contributed by atoms with Crippen molar-refractivity contribution < 1.29 is 4.74 Å². The topological polar surface area (TPSA) is 47.0 Å². The van der Waals surface area contributed by atoms with Gasteiger partial charge in [-0.25, -0.2) is 9.97 Å². The number of ether oxygens (including phenoxy) is 1. The maximum atomic E-state index is 5.37. The number of hydrogen-bond donors (Lipinski definition) is 1. The molecule has 2 heterocycles. The Labute approximate surface area is 96.4 Å². The van der Waals surface area contributed by atoms with Gasteiger partial charge in [-0.1, -0.05) is 6.92 Å². The van der Waals surface area contributed by atoms with E-state index in [4.69, 9.17) is 4.74 Å². The Bertz CT molecular complexity index is 348. The SMILES string of the molecule is CCCNc1cc(C)nc(C2CCOC2)n1. The van der Waals surface area contributed by atoms with Gasteiger partial charge in [0.25, 0.3) is 0 Å². The number of aryl methyl sites for hydroxylation is 1. The van der Waals surface area contributed by atoms with Crippen LogP contribution in [0.25, 0.3) is 0 Å². The quantitative estimate of drug-likeness (QED) is 0.846. The Balaban J connectivity index is 2.14. The predicted molar refractivity (Wildman–Crippen MR) is 63.7 cm³/mol. The normalized spacial score (nSPS) is 20.0. The smallest absolute Gasteiger partial charge is 0.136 e. The van der Waals surface area contributed by atoms with Crippen molar-refractivity contribution in [3.8, 4) is 0 Å². The van der Waals surface area contributed by atoms with E-state index >= 15 is 0 Å². The number of nitrogens with zero attached hydrogens (tertiary/aromatic N) is 2. The lowest BCUT2D eigenvalue weighted by atomic mass is 10.1. The molecule has 1 saturated heterocycles. The second-order valence-corrected chi connectivity index (χ2v) is 4.24. The van der Waals surface area contributed by atoms with Gasteiger partial charge in [0.05, 0.1) is 6.61 Å². The van der Waals surface area contributed by atoms with Crippen LogP contribution in [0.2, 0.25) is 0 Å². The molecule has 88 valence electrons. The molecule has 1 aromatic heterocycles. The lowest BCUT2D eigenvalue weighted by molar-refractivity contribution is 0.193. The van der Waals surface area contributed by atoms with Crippen LogP contribution in [0.3, 0.4) is 0 Å². The summed E-state index contributed by atoms with van der Waals surface area (Å²) in [6.45, 7) is 6.71. The van der Waals surface area contributed by atoms with E-state index in [1.807, 2.05) is 13.0 Å². The zero-order chi connectivity index (χ0) is 11.4. The molecule has 1 aliphatic heterocycles. The van der Waals surface area contributed by atoms with Gasteiger partial charge in [-0.15, -0.1) is 0 Å². The van der Waals surface area contributed by atoms with Gasteiger partial charge >= 0.3 is 0 Å². The van der Waals surface area contributed by atoms with Crippen molar-refractivity contribution in [2.75, 3.05) is 25.1 Å². The highest BCUT2D eigenvalue weighted by Gasteiger charge is 2.21. The van der Waals surface area contributed by atoms with Crippen LogP contribution >= 0.6 is 0 Å². The highest BCUT2D eigenvalue weighted by Crippen LogP contribution is 2.23. The van der Waals surface area contributed by atoms with E-state index in [9.17, 15) is 0 Å². The fourth-order valence-corrected chi connectivity index (χ4v) is 1.86. The first-order valence-electron chi connectivity index (χ1n) is 5.96. The number of rotatable bonds is 4. The molecule has 0 bridgehead atoms. The summed E-state index contributed by atoms with van der Waals surface area (Å²) >= 11 is 0. The van der Waals surface area contributed by atoms with Crippen LogP contribution in [-0.4, -0.2) is 29.7 Å². The Morgan fingerprint density at radius 1 is 1.50 bits per heavy atom. The second-order valence-electron chi connectivity index (χ2n) is 4.24. The lowest BCUT2D eigenvalue weighted by Gasteiger charge is -2.10. The number of anilines is 1. The van der Waals surface area contributed by atoms with E-state index in [1.165, 1.54) is 0 Å². The van der Waals surface area contributed by atoms with E-state index in [-0.39, 0.29) is 0 Å². The van der Waals surface area contributed by atoms with Crippen LogP contribution in [0.4, 0.5) is 5.82 Å².